The fourth-order valence-electron chi connectivity index (χ4n) is 1.99. The average molecular weight is 241 g/mol. The Morgan fingerprint density at radius 1 is 1.35 bits per heavy atom. The van der Waals surface area contributed by atoms with E-state index in [-0.39, 0.29) is 12.5 Å². The Hall–Kier alpha value is -1.00. The molecule has 1 heterocycles. The number of alkyl halides is 2. The van der Waals surface area contributed by atoms with Gasteiger partial charge in [0.1, 0.15) is 0 Å². The molecule has 0 spiro atoms. The molecule has 1 aromatic carbocycles. The molecule has 1 saturated heterocycles. The van der Waals surface area contributed by atoms with Crippen LogP contribution < -0.4 is 5.32 Å². The number of hydrogen-bond donors (Lipinski definition) is 1. The van der Waals surface area contributed by atoms with Crippen LogP contribution in [0.25, 0.3) is 0 Å². The highest BCUT2D eigenvalue weighted by Crippen LogP contribution is 2.22. The standard InChI is InChI=1S/C13H17F2NO/c1-13(14,15)8-10-2-4-11(5-3-10)12-9-16-6-7-17-12/h2-5,12,16H,6-9H2,1H3. The van der Waals surface area contributed by atoms with Crippen molar-refractivity contribution in [3.05, 3.63) is 35.4 Å². The van der Waals surface area contributed by atoms with Crippen LogP contribution in [0.3, 0.4) is 0 Å². The predicted molar refractivity (Wildman–Crippen MR) is 62.3 cm³/mol. The Bertz CT molecular complexity index is 353. The van der Waals surface area contributed by atoms with E-state index in [2.05, 4.69) is 5.32 Å². The first-order chi connectivity index (χ1) is 8.04. The number of morpholine rings is 1. The maximum atomic E-state index is 12.8. The molecule has 1 atom stereocenters. The normalized spacial score (nSPS) is 21.5. The topological polar surface area (TPSA) is 21.3 Å². The van der Waals surface area contributed by atoms with Gasteiger partial charge in [-0.25, -0.2) is 8.78 Å². The third kappa shape index (κ3) is 3.75. The molecule has 94 valence electrons. The first kappa shape index (κ1) is 12.5. The van der Waals surface area contributed by atoms with Crippen LogP contribution in [0.15, 0.2) is 24.3 Å². The van der Waals surface area contributed by atoms with Crippen molar-refractivity contribution in [3.8, 4) is 0 Å². The summed E-state index contributed by atoms with van der Waals surface area (Å²) in [6.07, 6.45) is -0.170. The summed E-state index contributed by atoms with van der Waals surface area (Å²) in [6.45, 7) is 3.29. The van der Waals surface area contributed by atoms with E-state index in [0.29, 0.717) is 12.2 Å². The molecular formula is C13H17F2NO. The summed E-state index contributed by atoms with van der Waals surface area (Å²) in [7, 11) is 0. The van der Waals surface area contributed by atoms with E-state index in [1.165, 1.54) is 0 Å². The van der Waals surface area contributed by atoms with Crippen molar-refractivity contribution in [3.63, 3.8) is 0 Å². The number of nitrogens with one attached hydrogen (secondary N) is 1. The van der Waals surface area contributed by atoms with Gasteiger partial charge in [-0.1, -0.05) is 24.3 Å². The summed E-state index contributed by atoms with van der Waals surface area (Å²) in [6, 6.07) is 7.26. The van der Waals surface area contributed by atoms with Crippen molar-refractivity contribution in [2.45, 2.75) is 25.4 Å². The lowest BCUT2D eigenvalue weighted by molar-refractivity contribution is 0.0224. The zero-order valence-electron chi connectivity index (χ0n) is 9.88. The van der Waals surface area contributed by atoms with Crippen LogP contribution in [0, 0.1) is 0 Å². The van der Waals surface area contributed by atoms with Gasteiger partial charge in [0.2, 0.25) is 5.92 Å². The summed E-state index contributed by atoms with van der Waals surface area (Å²) in [5, 5.41) is 3.24. The van der Waals surface area contributed by atoms with E-state index in [4.69, 9.17) is 4.74 Å². The Morgan fingerprint density at radius 3 is 2.59 bits per heavy atom. The summed E-state index contributed by atoms with van der Waals surface area (Å²) in [4.78, 5) is 0. The van der Waals surface area contributed by atoms with Crippen LogP contribution in [0.2, 0.25) is 0 Å². The maximum absolute atomic E-state index is 12.8. The van der Waals surface area contributed by atoms with E-state index in [1.807, 2.05) is 12.1 Å². The minimum Gasteiger partial charge on any atom is -0.371 e. The highest BCUT2D eigenvalue weighted by atomic mass is 19.3. The third-order valence-electron chi connectivity index (χ3n) is 2.79. The van der Waals surface area contributed by atoms with Crippen LogP contribution >= 0.6 is 0 Å². The van der Waals surface area contributed by atoms with Crippen LogP contribution in [0.1, 0.15) is 24.2 Å². The fraction of sp³-hybridized carbons (Fsp3) is 0.538. The number of hydrogen-bond acceptors (Lipinski definition) is 2. The summed E-state index contributed by atoms with van der Waals surface area (Å²) in [5.74, 6) is -2.65. The molecule has 17 heavy (non-hydrogen) atoms. The zero-order valence-corrected chi connectivity index (χ0v) is 9.88. The SMILES string of the molecule is CC(F)(F)Cc1ccc(C2CNCCO2)cc1. The van der Waals surface area contributed by atoms with Gasteiger partial charge >= 0.3 is 0 Å². The van der Waals surface area contributed by atoms with Crippen LogP contribution in [0.5, 0.6) is 0 Å². The fourth-order valence-corrected chi connectivity index (χ4v) is 1.99. The molecule has 2 rings (SSSR count). The molecule has 0 radical (unpaired) electrons. The van der Waals surface area contributed by atoms with Crippen molar-refractivity contribution in [1.82, 2.24) is 5.32 Å². The van der Waals surface area contributed by atoms with Crippen molar-refractivity contribution in [1.29, 1.82) is 0 Å². The molecule has 1 aromatic rings. The summed E-state index contributed by atoms with van der Waals surface area (Å²) < 4.78 is 31.3. The molecule has 2 nitrogen and oxygen atoms in total. The molecule has 1 aliphatic heterocycles. The Kier molecular flexibility index (Phi) is 3.74. The molecular weight excluding hydrogens is 224 g/mol. The number of benzene rings is 1. The molecule has 1 N–H and O–H groups in total. The van der Waals surface area contributed by atoms with Gasteiger partial charge in [0.05, 0.1) is 12.7 Å². The second-order valence-corrected chi connectivity index (χ2v) is 4.55. The molecule has 0 aliphatic carbocycles. The van der Waals surface area contributed by atoms with Gasteiger partial charge in [-0.15, -0.1) is 0 Å². The van der Waals surface area contributed by atoms with Gasteiger partial charge < -0.3 is 10.1 Å². The van der Waals surface area contributed by atoms with Crippen molar-refractivity contribution >= 4 is 0 Å². The Labute approximate surface area is 100.0 Å². The minimum absolute atomic E-state index is 0.0416. The monoisotopic (exact) mass is 241 g/mol. The molecule has 1 unspecified atom stereocenters. The number of rotatable bonds is 3. The molecule has 0 bridgehead atoms. The third-order valence-corrected chi connectivity index (χ3v) is 2.79. The van der Waals surface area contributed by atoms with E-state index in [1.54, 1.807) is 12.1 Å². The van der Waals surface area contributed by atoms with Gasteiger partial charge in [0, 0.05) is 19.5 Å². The van der Waals surface area contributed by atoms with Crippen molar-refractivity contribution < 1.29 is 13.5 Å². The van der Waals surface area contributed by atoms with E-state index >= 15 is 0 Å². The molecule has 1 fully saturated rings. The van der Waals surface area contributed by atoms with Crippen LogP contribution in [-0.2, 0) is 11.2 Å². The molecule has 0 amide bonds. The highest BCUT2D eigenvalue weighted by Gasteiger charge is 2.22. The lowest BCUT2D eigenvalue weighted by Gasteiger charge is -2.24. The van der Waals surface area contributed by atoms with Crippen molar-refractivity contribution in [2.24, 2.45) is 0 Å². The highest BCUT2D eigenvalue weighted by molar-refractivity contribution is 5.25. The molecule has 0 saturated carbocycles. The first-order valence-corrected chi connectivity index (χ1v) is 5.83. The molecule has 1 aliphatic rings. The Balaban J connectivity index is 2.02. The van der Waals surface area contributed by atoms with Crippen LogP contribution in [0.4, 0.5) is 8.78 Å². The Morgan fingerprint density at radius 2 is 2.06 bits per heavy atom. The average Bonchev–Trinajstić information content (AvgIpc) is 2.29. The van der Waals surface area contributed by atoms with Gasteiger partial charge in [-0.2, -0.15) is 0 Å². The lowest BCUT2D eigenvalue weighted by Crippen LogP contribution is -2.33. The lowest BCUT2D eigenvalue weighted by atomic mass is 10.0. The van der Waals surface area contributed by atoms with Crippen molar-refractivity contribution in [2.75, 3.05) is 19.7 Å². The number of ether oxygens (including phenoxy) is 1. The summed E-state index contributed by atoms with van der Waals surface area (Å²) >= 11 is 0. The second kappa shape index (κ2) is 5.10. The van der Waals surface area contributed by atoms with E-state index < -0.39 is 5.92 Å². The molecule has 4 heteroatoms. The summed E-state index contributed by atoms with van der Waals surface area (Å²) in [5.41, 5.74) is 1.70. The largest absolute Gasteiger partial charge is 0.371 e. The predicted octanol–water partition coefficient (Wildman–Crippen LogP) is 2.55. The van der Waals surface area contributed by atoms with Gasteiger partial charge in [-0.05, 0) is 18.1 Å². The zero-order chi connectivity index (χ0) is 12.3. The van der Waals surface area contributed by atoms with E-state index in [0.717, 1.165) is 25.6 Å². The quantitative estimate of drug-likeness (QED) is 0.878. The second-order valence-electron chi connectivity index (χ2n) is 4.55. The smallest absolute Gasteiger partial charge is 0.249 e. The maximum Gasteiger partial charge on any atom is 0.249 e. The number of halogens is 2. The van der Waals surface area contributed by atoms with E-state index in [9.17, 15) is 8.78 Å². The van der Waals surface area contributed by atoms with Crippen LogP contribution in [-0.4, -0.2) is 25.6 Å². The van der Waals surface area contributed by atoms with Gasteiger partial charge in [0.15, 0.2) is 0 Å². The first-order valence-electron chi connectivity index (χ1n) is 5.83. The molecule has 0 aromatic heterocycles. The van der Waals surface area contributed by atoms with Gasteiger partial charge in [-0.3, -0.25) is 0 Å². The minimum atomic E-state index is -2.65. The van der Waals surface area contributed by atoms with Gasteiger partial charge in [0.25, 0.3) is 0 Å².